The van der Waals surface area contributed by atoms with Gasteiger partial charge in [0.05, 0.1) is 0 Å². The molecule has 2 aromatic rings. The Balaban J connectivity index is 0.000000284. The first kappa shape index (κ1) is 24.9. The monoisotopic (exact) mass is 590 g/mol. The van der Waals surface area contributed by atoms with Crippen LogP contribution < -0.4 is 21.2 Å². The average molecular weight is 591 g/mol. The van der Waals surface area contributed by atoms with Crippen LogP contribution in [0.2, 0.25) is 0 Å². The smallest absolute Gasteiger partial charge is 0.428 e. The normalized spacial score (nSPS) is 11.4. The van der Waals surface area contributed by atoms with E-state index in [-0.39, 0.29) is 26.5 Å². The van der Waals surface area contributed by atoms with E-state index in [2.05, 4.69) is 83.0 Å². The van der Waals surface area contributed by atoms with E-state index in [1.807, 2.05) is 0 Å². The Morgan fingerprint density at radius 1 is 1.04 bits per heavy atom. The van der Waals surface area contributed by atoms with Gasteiger partial charge in [-0.05, 0) is 38.1 Å². The van der Waals surface area contributed by atoms with Crippen LogP contribution in [0.3, 0.4) is 0 Å². The van der Waals surface area contributed by atoms with Crippen LogP contribution in [0.5, 0.6) is 0 Å². The largest absolute Gasteiger partial charge is 0.743 e. The summed E-state index contributed by atoms with van der Waals surface area (Å²) in [5.74, 6) is -2.36. The van der Waals surface area contributed by atoms with Gasteiger partial charge in [-0.3, -0.25) is 0 Å². The lowest BCUT2D eigenvalue weighted by Gasteiger charge is -2.17. The molecule has 0 aromatic heterocycles. The number of aryl methyl sites for hydroxylation is 2. The molecule has 154 valence electrons. The fourth-order valence-corrected chi connectivity index (χ4v) is 4.22. The summed E-state index contributed by atoms with van der Waals surface area (Å²) in [6.45, 7) is 3.83. The van der Waals surface area contributed by atoms with E-state index >= 15 is 0 Å². The summed E-state index contributed by atoms with van der Waals surface area (Å²) >= 11 is 2.75. The van der Waals surface area contributed by atoms with E-state index in [9.17, 15) is 26.5 Å². The third-order valence-corrected chi connectivity index (χ3v) is 6.90. The Kier molecular flexibility index (Phi) is 9.95. The molecule has 0 aliphatic heterocycles. The highest BCUT2D eigenvalue weighted by atomic mass is 127. The highest BCUT2D eigenvalue weighted by molar-refractivity contribution is 9.09. The molecular formula is C18H18BrF2IO5S. The Labute approximate surface area is 181 Å². The van der Waals surface area contributed by atoms with Crippen molar-refractivity contribution in [2.24, 2.45) is 0 Å². The minimum Gasteiger partial charge on any atom is -0.743 e. The summed E-state index contributed by atoms with van der Waals surface area (Å²) in [5.41, 5.74) is 2.68. The molecule has 0 aliphatic carbocycles. The van der Waals surface area contributed by atoms with E-state index in [1.54, 1.807) is 0 Å². The zero-order chi connectivity index (χ0) is 21.4. The SMILES string of the molecule is Cc1ccc([I+]c2ccc(C)cc2)cc1.O=C(OCCBr)C(F)(F)S(=O)(=O)[O-]. The second-order valence-corrected chi connectivity index (χ2v) is 10.7. The Bertz CT molecular complexity index is 828. The molecule has 0 N–H and O–H groups in total. The van der Waals surface area contributed by atoms with Gasteiger partial charge in [0, 0.05) is 5.33 Å². The molecule has 2 aromatic carbocycles. The second-order valence-electron chi connectivity index (χ2n) is 5.48. The second kappa shape index (κ2) is 11.2. The van der Waals surface area contributed by atoms with E-state index in [1.165, 1.54) is 18.3 Å². The van der Waals surface area contributed by atoms with Gasteiger partial charge in [-0.1, -0.05) is 51.3 Å². The molecule has 2 rings (SSSR count). The number of esters is 1. The predicted octanol–water partition coefficient (Wildman–Crippen LogP) is 0.494. The van der Waals surface area contributed by atoms with Crippen molar-refractivity contribution >= 4 is 32.0 Å². The Hall–Kier alpha value is -1.11. The van der Waals surface area contributed by atoms with E-state index < -0.39 is 27.9 Å². The molecule has 0 aliphatic rings. The summed E-state index contributed by atoms with van der Waals surface area (Å²) in [6, 6.07) is 17.8. The summed E-state index contributed by atoms with van der Waals surface area (Å²) in [4.78, 5) is 10.3. The van der Waals surface area contributed by atoms with Crippen molar-refractivity contribution in [1.29, 1.82) is 0 Å². The lowest BCUT2D eigenvalue weighted by atomic mass is 10.2. The Morgan fingerprint density at radius 2 is 1.43 bits per heavy atom. The number of benzene rings is 2. The van der Waals surface area contributed by atoms with Crippen LogP contribution in [0.1, 0.15) is 11.1 Å². The molecule has 0 atom stereocenters. The summed E-state index contributed by atoms with van der Waals surface area (Å²) < 4.78 is 60.8. The molecule has 0 amide bonds. The average Bonchev–Trinajstić information content (AvgIpc) is 2.63. The van der Waals surface area contributed by atoms with Crippen molar-refractivity contribution in [1.82, 2.24) is 0 Å². The van der Waals surface area contributed by atoms with Gasteiger partial charge < -0.3 is 9.29 Å². The highest BCUT2D eigenvalue weighted by Gasteiger charge is 2.48. The van der Waals surface area contributed by atoms with Crippen molar-refractivity contribution in [2.45, 2.75) is 19.1 Å². The molecule has 0 saturated carbocycles. The van der Waals surface area contributed by atoms with Crippen molar-refractivity contribution in [3.8, 4) is 0 Å². The summed E-state index contributed by atoms with van der Waals surface area (Å²) in [5, 5.41) is -4.96. The molecule has 0 fully saturated rings. The third kappa shape index (κ3) is 8.10. The number of halogens is 4. The van der Waals surface area contributed by atoms with Crippen LogP contribution in [0.4, 0.5) is 8.78 Å². The minimum absolute atomic E-state index is 0.00313. The topological polar surface area (TPSA) is 83.5 Å². The van der Waals surface area contributed by atoms with Crippen molar-refractivity contribution in [3.63, 3.8) is 0 Å². The Morgan fingerprint density at radius 3 is 1.75 bits per heavy atom. The van der Waals surface area contributed by atoms with Crippen LogP contribution in [-0.4, -0.2) is 36.1 Å². The van der Waals surface area contributed by atoms with Crippen molar-refractivity contribution in [2.75, 3.05) is 11.9 Å². The number of carbonyl (C=O) groups excluding carboxylic acids is 1. The van der Waals surface area contributed by atoms with Gasteiger partial charge in [-0.2, -0.15) is 8.78 Å². The van der Waals surface area contributed by atoms with Crippen molar-refractivity contribution < 1.29 is 52.5 Å². The fourth-order valence-electron chi connectivity index (χ4n) is 1.64. The van der Waals surface area contributed by atoms with Gasteiger partial charge in [0.1, 0.15) is 6.61 Å². The molecule has 0 spiro atoms. The number of alkyl halides is 3. The maximum absolute atomic E-state index is 12.3. The molecule has 10 heteroatoms. The molecule has 0 heterocycles. The molecular weight excluding hydrogens is 573 g/mol. The van der Waals surface area contributed by atoms with Crippen LogP contribution in [0.15, 0.2) is 48.5 Å². The number of rotatable bonds is 6. The molecule has 0 bridgehead atoms. The maximum atomic E-state index is 12.3. The maximum Gasteiger partial charge on any atom is 0.428 e. The zero-order valence-electron chi connectivity index (χ0n) is 15.0. The lowest BCUT2D eigenvalue weighted by Crippen LogP contribution is -3.61. The zero-order valence-corrected chi connectivity index (χ0v) is 19.6. The number of carbonyl (C=O) groups is 1. The first-order chi connectivity index (χ1) is 13.0. The van der Waals surface area contributed by atoms with Crippen LogP contribution in [0.25, 0.3) is 0 Å². The fraction of sp³-hybridized carbons (Fsp3) is 0.278. The first-order valence-corrected chi connectivity index (χ1v) is 12.5. The predicted molar refractivity (Wildman–Crippen MR) is 99.1 cm³/mol. The van der Waals surface area contributed by atoms with Crippen LogP contribution >= 0.6 is 15.9 Å². The van der Waals surface area contributed by atoms with Crippen LogP contribution in [0, 0.1) is 21.0 Å². The number of hydrogen-bond acceptors (Lipinski definition) is 5. The summed E-state index contributed by atoms with van der Waals surface area (Å²) in [6.07, 6.45) is 0. The quantitative estimate of drug-likeness (QED) is 0.212. The van der Waals surface area contributed by atoms with E-state index in [4.69, 9.17) is 0 Å². The van der Waals surface area contributed by atoms with Gasteiger partial charge in [0.2, 0.25) is 0 Å². The number of hydrogen-bond donors (Lipinski definition) is 0. The van der Waals surface area contributed by atoms with E-state index in [0.29, 0.717) is 0 Å². The molecule has 0 radical (unpaired) electrons. The van der Waals surface area contributed by atoms with Gasteiger partial charge in [0.25, 0.3) is 0 Å². The van der Waals surface area contributed by atoms with Gasteiger partial charge in [-0.25, -0.2) is 13.2 Å². The molecule has 0 saturated heterocycles. The number of ether oxygens (including phenoxy) is 1. The summed E-state index contributed by atoms with van der Waals surface area (Å²) in [7, 11) is -6.01. The highest BCUT2D eigenvalue weighted by Crippen LogP contribution is 2.21. The van der Waals surface area contributed by atoms with Gasteiger partial charge in [0.15, 0.2) is 17.3 Å². The molecule has 5 nitrogen and oxygen atoms in total. The van der Waals surface area contributed by atoms with Gasteiger partial charge in [-0.15, -0.1) is 0 Å². The van der Waals surface area contributed by atoms with Gasteiger partial charge >= 0.3 is 32.4 Å². The first-order valence-electron chi connectivity index (χ1n) is 7.82. The van der Waals surface area contributed by atoms with Crippen molar-refractivity contribution in [3.05, 3.63) is 66.8 Å². The molecule has 0 unspecified atom stereocenters. The third-order valence-electron chi connectivity index (χ3n) is 3.10. The van der Waals surface area contributed by atoms with E-state index in [0.717, 1.165) is 0 Å². The minimum atomic E-state index is -6.01. The standard InChI is InChI=1S/C14H14I.C4H5BrF2O5S/c1-11-3-7-13(8-4-11)15-14-9-5-12(2)6-10-14;5-1-2-12-3(8)4(6,7)13(9,10)11/h3-10H,1-2H3;1-2H2,(H,9,10,11)/q+1;/p-1. The molecule has 28 heavy (non-hydrogen) atoms. The van der Waals surface area contributed by atoms with Crippen LogP contribution in [-0.2, 0) is 19.6 Å². The lowest BCUT2D eigenvalue weighted by molar-refractivity contribution is -0.597.